The SMILES string of the molecule is CC(C)C1=CC(=O)[C@H](C)[C@H](C(N)=O)C1. The van der Waals surface area contributed by atoms with E-state index in [0.29, 0.717) is 12.3 Å². The maximum Gasteiger partial charge on any atom is 0.221 e. The molecule has 1 amide bonds. The zero-order chi connectivity index (χ0) is 10.9. The molecule has 0 radical (unpaired) electrons. The van der Waals surface area contributed by atoms with Gasteiger partial charge in [0.15, 0.2) is 5.78 Å². The van der Waals surface area contributed by atoms with Crippen LogP contribution in [0.2, 0.25) is 0 Å². The van der Waals surface area contributed by atoms with Gasteiger partial charge < -0.3 is 5.73 Å². The lowest BCUT2D eigenvalue weighted by Crippen LogP contribution is -2.35. The van der Waals surface area contributed by atoms with Gasteiger partial charge in [-0.3, -0.25) is 9.59 Å². The number of hydrogen-bond donors (Lipinski definition) is 1. The van der Waals surface area contributed by atoms with Gasteiger partial charge in [0.25, 0.3) is 0 Å². The van der Waals surface area contributed by atoms with E-state index in [9.17, 15) is 9.59 Å². The molecule has 78 valence electrons. The summed E-state index contributed by atoms with van der Waals surface area (Å²) < 4.78 is 0. The van der Waals surface area contributed by atoms with Gasteiger partial charge in [-0.2, -0.15) is 0 Å². The molecule has 2 atom stereocenters. The van der Waals surface area contributed by atoms with E-state index in [4.69, 9.17) is 5.73 Å². The lowest BCUT2D eigenvalue weighted by molar-refractivity contribution is -0.129. The normalized spacial score (nSPS) is 27.7. The van der Waals surface area contributed by atoms with E-state index in [1.165, 1.54) is 0 Å². The van der Waals surface area contributed by atoms with Gasteiger partial charge in [0.2, 0.25) is 5.91 Å². The van der Waals surface area contributed by atoms with Crippen molar-refractivity contribution >= 4 is 11.7 Å². The van der Waals surface area contributed by atoms with Crippen LogP contribution in [0.4, 0.5) is 0 Å². The van der Waals surface area contributed by atoms with E-state index in [2.05, 4.69) is 0 Å². The van der Waals surface area contributed by atoms with Crippen LogP contribution in [0.25, 0.3) is 0 Å². The van der Waals surface area contributed by atoms with Crippen molar-refractivity contribution in [3.63, 3.8) is 0 Å². The van der Waals surface area contributed by atoms with Crippen molar-refractivity contribution < 1.29 is 9.59 Å². The molecule has 14 heavy (non-hydrogen) atoms. The van der Waals surface area contributed by atoms with Crippen molar-refractivity contribution in [2.75, 3.05) is 0 Å². The highest BCUT2D eigenvalue weighted by Gasteiger charge is 2.32. The van der Waals surface area contributed by atoms with Gasteiger partial charge in [-0.15, -0.1) is 0 Å². The third-order valence-electron chi connectivity index (χ3n) is 2.94. The second-order valence-electron chi connectivity index (χ2n) is 4.28. The summed E-state index contributed by atoms with van der Waals surface area (Å²) in [7, 11) is 0. The first-order valence-corrected chi connectivity index (χ1v) is 4.97. The number of rotatable bonds is 2. The summed E-state index contributed by atoms with van der Waals surface area (Å²) in [5.41, 5.74) is 6.30. The molecule has 0 saturated carbocycles. The van der Waals surface area contributed by atoms with Crippen molar-refractivity contribution in [2.45, 2.75) is 27.2 Å². The van der Waals surface area contributed by atoms with Gasteiger partial charge in [0, 0.05) is 5.92 Å². The smallest absolute Gasteiger partial charge is 0.221 e. The molecule has 3 nitrogen and oxygen atoms in total. The highest BCUT2D eigenvalue weighted by Crippen LogP contribution is 2.30. The molecule has 0 aromatic carbocycles. The monoisotopic (exact) mass is 195 g/mol. The topological polar surface area (TPSA) is 60.2 Å². The van der Waals surface area contributed by atoms with Crippen molar-refractivity contribution in [3.8, 4) is 0 Å². The van der Waals surface area contributed by atoms with Crippen LogP contribution in [-0.4, -0.2) is 11.7 Å². The standard InChI is InChI=1S/C11H17NO2/c1-6(2)8-4-9(11(12)14)7(3)10(13)5-8/h5-7,9H,4H2,1-3H3,(H2,12,14)/t7-,9-/m1/s1. The first kappa shape index (κ1) is 11.0. The molecule has 2 N–H and O–H groups in total. The molecule has 0 spiro atoms. The van der Waals surface area contributed by atoms with Gasteiger partial charge in [0.1, 0.15) is 0 Å². The number of hydrogen-bond acceptors (Lipinski definition) is 2. The average molecular weight is 195 g/mol. The highest BCUT2D eigenvalue weighted by atomic mass is 16.1. The quantitative estimate of drug-likeness (QED) is 0.721. The van der Waals surface area contributed by atoms with Gasteiger partial charge in [0.05, 0.1) is 5.92 Å². The maximum absolute atomic E-state index is 11.5. The number of ketones is 1. The molecule has 0 bridgehead atoms. The third kappa shape index (κ3) is 2.03. The van der Waals surface area contributed by atoms with Crippen molar-refractivity contribution in [3.05, 3.63) is 11.6 Å². The number of carbonyl (C=O) groups is 2. The Morgan fingerprint density at radius 2 is 2.14 bits per heavy atom. The number of allylic oxidation sites excluding steroid dienone is 2. The van der Waals surface area contributed by atoms with Crippen LogP contribution in [-0.2, 0) is 9.59 Å². The number of nitrogens with two attached hydrogens (primary N) is 1. The molecule has 0 unspecified atom stereocenters. The van der Waals surface area contributed by atoms with E-state index in [0.717, 1.165) is 5.57 Å². The summed E-state index contributed by atoms with van der Waals surface area (Å²) in [5.74, 6) is -0.589. The summed E-state index contributed by atoms with van der Waals surface area (Å²) in [6.07, 6.45) is 2.31. The van der Waals surface area contributed by atoms with E-state index in [-0.39, 0.29) is 23.5 Å². The maximum atomic E-state index is 11.5. The molecule has 0 fully saturated rings. The molecule has 0 aliphatic heterocycles. The lowest BCUT2D eigenvalue weighted by atomic mass is 9.76. The van der Waals surface area contributed by atoms with Gasteiger partial charge in [-0.05, 0) is 18.4 Å². The van der Waals surface area contributed by atoms with E-state index in [1.54, 1.807) is 13.0 Å². The fraction of sp³-hybridized carbons (Fsp3) is 0.636. The zero-order valence-corrected chi connectivity index (χ0v) is 8.91. The van der Waals surface area contributed by atoms with Crippen molar-refractivity contribution in [2.24, 2.45) is 23.5 Å². The van der Waals surface area contributed by atoms with Crippen LogP contribution in [0.3, 0.4) is 0 Å². The molecule has 0 saturated heterocycles. The van der Waals surface area contributed by atoms with E-state index < -0.39 is 0 Å². The fourth-order valence-corrected chi connectivity index (χ4v) is 1.75. The van der Waals surface area contributed by atoms with Gasteiger partial charge in [-0.1, -0.05) is 26.3 Å². The highest BCUT2D eigenvalue weighted by molar-refractivity contribution is 5.97. The first-order chi connectivity index (χ1) is 6.43. The Balaban J connectivity index is 2.93. The second-order valence-corrected chi connectivity index (χ2v) is 4.28. The summed E-state index contributed by atoms with van der Waals surface area (Å²) in [6, 6.07) is 0. The minimum absolute atomic E-state index is 0.0313. The number of carbonyl (C=O) groups excluding carboxylic acids is 2. The Morgan fingerprint density at radius 1 is 1.57 bits per heavy atom. The number of amides is 1. The molecule has 1 rings (SSSR count). The predicted molar refractivity (Wildman–Crippen MR) is 54.4 cm³/mol. The van der Waals surface area contributed by atoms with Crippen LogP contribution in [0.1, 0.15) is 27.2 Å². The van der Waals surface area contributed by atoms with Crippen molar-refractivity contribution in [1.82, 2.24) is 0 Å². The number of primary amides is 1. The fourth-order valence-electron chi connectivity index (χ4n) is 1.75. The Bertz CT molecular complexity index is 292. The lowest BCUT2D eigenvalue weighted by Gasteiger charge is -2.26. The molecule has 1 aliphatic carbocycles. The van der Waals surface area contributed by atoms with Crippen LogP contribution in [0.5, 0.6) is 0 Å². The van der Waals surface area contributed by atoms with E-state index >= 15 is 0 Å². The Labute approximate surface area is 84.4 Å². The molecule has 0 aromatic heterocycles. The first-order valence-electron chi connectivity index (χ1n) is 4.97. The third-order valence-corrected chi connectivity index (χ3v) is 2.94. The summed E-state index contributed by atoms with van der Waals surface area (Å²) in [5, 5.41) is 0. The largest absolute Gasteiger partial charge is 0.369 e. The van der Waals surface area contributed by atoms with Crippen molar-refractivity contribution in [1.29, 1.82) is 0 Å². The molecule has 1 aliphatic rings. The van der Waals surface area contributed by atoms with Crippen LogP contribution in [0.15, 0.2) is 11.6 Å². The van der Waals surface area contributed by atoms with Crippen LogP contribution >= 0.6 is 0 Å². The van der Waals surface area contributed by atoms with Crippen LogP contribution in [0, 0.1) is 17.8 Å². The van der Waals surface area contributed by atoms with E-state index in [1.807, 2.05) is 13.8 Å². The molecular formula is C11H17NO2. The summed E-state index contributed by atoms with van der Waals surface area (Å²) in [6.45, 7) is 5.81. The Kier molecular flexibility index (Phi) is 3.09. The van der Waals surface area contributed by atoms with Gasteiger partial charge in [-0.25, -0.2) is 0 Å². The Morgan fingerprint density at radius 3 is 2.57 bits per heavy atom. The predicted octanol–water partition coefficient (Wildman–Crippen LogP) is 1.28. The minimum atomic E-state index is -0.364. The van der Waals surface area contributed by atoms with Crippen LogP contribution < -0.4 is 5.73 Å². The molecular weight excluding hydrogens is 178 g/mol. The Hall–Kier alpha value is -1.12. The van der Waals surface area contributed by atoms with Gasteiger partial charge >= 0.3 is 0 Å². The minimum Gasteiger partial charge on any atom is -0.369 e. The summed E-state index contributed by atoms with van der Waals surface area (Å²) >= 11 is 0. The molecule has 0 heterocycles. The second kappa shape index (κ2) is 3.95. The zero-order valence-electron chi connectivity index (χ0n) is 8.91. The average Bonchev–Trinajstić information content (AvgIpc) is 2.08. The molecule has 0 aromatic rings. The summed E-state index contributed by atoms with van der Waals surface area (Å²) in [4.78, 5) is 22.7. The molecule has 3 heteroatoms.